The zero-order valence-corrected chi connectivity index (χ0v) is 19.6. The van der Waals surface area contributed by atoms with Gasteiger partial charge in [0.2, 0.25) is 15.9 Å². The number of benzene rings is 3. The maximum atomic E-state index is 12.6. The monoisotopic (exact) mass is 465 g/mol. The summed E-state index contributed by atoms with van der Waals surface area (Å²) in [6, 6.07) is 19.1. The minimum absolute atomic E-state index is 0.0473. The van der Waals surface area contributed by atoms with E-state index in [0.717, 1.165) is 11.1 Å². The van der Waals surface area contributed by atoms with Gasteiger partial charge in [-0.2, -0.15) is 0 Å². The van der Waals surface area contributed by atoms with Crippen LogP contribution >= 0.6 is 0 Å². The fraction of sp³-hybridized carbons (Fsp3) is 0.200. The molecule has 2 amide bonds. The van der Waals surface area contributed by atoms with E-state index in [2.05, 4.69) is 15.4 Å². The largest absolute Gasteiger partial charge is 0.326 e. The van der Waals surface area contributed by atoms with E-state index in [0.29, 0.717) is 22.5 Å². The number of hydrogen-bond donors (Lipinski definition) is 3. The van der Waals surface area contributed by atoms with E-state index >= 15 is 0 Å². The van der Waals surface area contributed by atoms with Gasteiger partial charge >= 0.3 is 0 Å². The highest BCUT2D eigenvalue weighted by molar-refractivity contribution is 7.89. The lowest BCUT2D eigenvalue weighted by atomic mass is 10.1. The molecular formula is C25H27N3O4S. The Balaban J connectivity index is 1.59. The van der Waals surface area contributed by atoms with Crippen molar-refractivity contribution in [1.82, 2.24) is 4.72 Å². The summed E-state index contributed by atoms with van der Waals surface area (Å²) >= 11 is 0. The number of aryl methyl sites for hydroxylation is 2. The molecule has 0 radical (unpaired) electrons. The summed E-state index contributed by atoms with van der Waals surface area (Å²) in [6.45, 7) is 5.45. The summed E-state index contributed by atoms with van der Waals surface area (Å²) in [5.41, 5.74) is 4.11. The molecule has 0 heterocycles. The van der Waals surface area contributed by atoms with E-state index in [1.165, 1.54) is 0 Å². The summed E-state index contributed by atoms with van der Waals surface area (Å²) < 4.78 is 27.4. The molecule has 8 heteroatoms. The predicted octanol–water partition coefficient (Wildman–Crippen LogP) is 4.17. The number of sulfonamides is 1. The number of anilines is 2. The number of carbonyl (C=O) groups excluding carboxylic acids is 2. The van der Waals surface area contributed by atoms with Gasteiger partial charge in [0.25, 0.3) is 5.91 Å². The van der Waals surface area contributed by atoms with Crippen molar-refractivity contribution in [3.8, 4) is 0 Å². The van der Waals surface area contributed by atoms with Crippen molar-refractivity contribution in [2.75, 3.05) is 17.2 Å². The van der Waals surface area contributed by atoms with E-state index < -0.39 is 10.0 Å². The van der Waals surface area contributed by atoms with Crippen molar-refractivity contribution in [2.24, 2.45) is 0 Å². The molecule has 3 aromatic carbocycles. The molecule has 0 saturated heterocycles. The zero-order valence-electron chi connectivity index (χ0n) is 18.8. The Morgan fingerprint density at radius 1 is 0.818 bits per heavy atom. The molecule has 33 heavy (non-hydrogen) atoms. The number of carbonyl (C=O) groups is 2. The van der Waals surface area contributed by atoms with E-state index in [4.69, 9.17) is 0 Å². The number of para-hydroxylation sites is 1. The highest BCUT2D eigenvalue weighted by Crippen LogP contribution is 2.21. The van der Waals surface area contributed by atoms with Crippen LogP contribution in [0.1, 0.15) is 33.5 Å². The van der Waals surface area contributed by atoms with Crippen LogP contribution in [0.15, 0.2) is 71.6 Å². The van der Waals surface area contributed by atoms with Gasteiger partial charge < -0.3 is 10.6 Å². The molecule has 0 aliphatic heterocycles. The lowest BCUT2D eigenvalue weighted by Crippen LogP contribution is -2.28. The highest BCUT2D eigenvalue weighted by atomic mass is 32.2. The molecule has 0 bridgehead atoms. The number of hydrogen-bond acceptors (Lipinski definition) is 4. The van der Waals surface area contributed by atoms with Gasteiger partial charge in [-0.05, 0) is 73.9 Å². The molecule has 7 nitrogen and oxygen atoms in total. The molecule has 172 valence electrons. The molecule has 3 N–H and O–H groups in total. The molecule has 3 aromatic rings. The molecule has 0 spiro atoms. The van der Waals surface area contributed by atoms with Crippen LogP contribution in [0, 0.1) is 20.8 Å². The van der Waals surface area contributed by atoms with Gasteiger partial charge in [-0.1, -0.05) is 30.3 Å². The molecular weight excluding hydrogens is 438 g/mol. The molecule has 0 aliphatic rings. The maximum Gasteiger partial charge on any atom is 0.256 e. The maximum absolute atomic E-state index is 12.6. The summed E-state index contributed by atoms with van der Waals surface area (Å²) in [6.07, 6.45) is -0.0516. The first-order valence-electron chi connectivity index (χ1n) is 10.5. The van der Waals surface area contributed by atoms with Crippen molar-refractivity contribution < 1.29 is 18.0 Å². The fourth-order valence-electron chi connectivity index (χ4n) is 3.21. The van der Waals surface area contributed by atoms with Crippen LogP contribution in [-0.4, -0.2) is 26.8 Å². The molecule has 0 fully saturated rings. The van der Waals surface area contributed by atoms with Gasteiger partial charge in [-0.3, -0.25) is 9.59 Å². The zero-order chi connectivity index (χ0) is 24.0. The van der Waals surface area contributed by atoms with Gasteiger partial charge in [-0.15, -0.1) is 0 Å². The average molecular weight is 466 g/mol. The predicted molar refractivity (Wildman–Crippen MR) is 130 cm³/mol. The lowest BCUT2D eigenvalue weighted by Gasteiger charge is -2.13. The first kappa shape index (κ1) is 24.2. The summed E-state index contributed by atoms with van der Waals surface area (Å²) in [5.74, 6) is -0.641. The molecule has 0 saturated carbocycles. The van der Waals surface area contributed by atoms with Crippen molar-refractivity contribution in [1.29, 1.82) is 0 Å². The number of rotatable bonds is 8. The second-order valence-electron chi connectivity index (χ2n) is 7.74. The van der Waals surface area contributed by atoms with Crippen LogP contribution < -0.4 is 15.4 Å². The van der Waals surface area contributed by atoms with Crippen LogP contribution in [0.3, 0.4) is 0 Å². The van der Waals surface area contributed by atoms with Gasteiger partial charge in [0.15, 0.2) is 0 Å². The van der Waals surface area contributed by atoms with Crippen molar-refractivity contribution in [2.45, 2.75) is 32.1 Å². The molecule has 0 atom stereocenters. The molecule has 3 rings (SSSR count). The Labute approximate surface area is 194 Å². The lowest BCUT2D eigenvalue weighted by molar-refractivity contribution is -0.116. The number of nitrogens with one attached hydrogen (secondary N) is 3. The van der Waals surface area contributed by atoms with Gasteiger partial charge in [0.1, 0.15) is 0 Å². The third-order valence-corrected chi connectivity index (χ3v) is 6.78. The van der Waals surface area contributed by atoms with E-state index in [1.54, 1.807) is 55.5 Å². The Bertz CT molecular complexity index is 1270. The fourth-order valence-corrected chi connectivity index (χ4v) is 4.33. The second kappa shape index (κ2) is 10.4. The number of amides is 2. The Kier molecular flexibility index (Phi) is 7.63. The third-order valence-electron chi connectivity index (χ3n) is 5.32. The summed E-state index contributed by atoms with van der Waals surface area (Å²) in [7, 11) is -3.71. The van der Waals surface area contributed by atoms with Crippen LogP contribution in [0.25, 0.3) is 0 Å². The van der Waals surface area contributed by atoms with E-state index in [-0.39, 0.29) is 29.7 Å². The Hall–Kier alpha value is -3.49. The van der Waals surface area contributed by atoms with Crippen molar-refractivity contribution >= 4 is 33.2 Å². The van der Waals surface area contributed by atoms with Crippen LogP contribution in [-0.2, 0) is 14.8 Å². The van der Waals surface area contributed by atoms with Crippen LogP contribution in [0.4, 0.5) is 11.4 Å². The molecule has 0 unspecified atom stereocenters. The SMILES string of the molecule is Cc1ccc(S(=O)(=O)NCCC(=O)Nc2cccc(C(=O)Nc3ccccc3)c2C)cc1C. The molecule has 0 aromatic heterocycles. The average Bonchev–Trinajstić information content (AvgIpc) is 2.77. The Morgan fingerprint density at radius 2 is 1.55 bits per heavy atom. The third kappa shape index (κ3) is 6.27. The standard InChI is InChI=1S/C25H27N3O4S/c1-17-12-13-21(16-18(17)2)33(31,32)26-15-14-24(29)28-23-11-7-10-22(19(23)3)25(30)27-20-8-5-4-6-9-20/h4-13,16,26H,14-15H2,1-3H3,(H,27,30)(H,28,29). The minimum atomic E-state index is -3.71. The summed E-state index contributed by atoms with van der Waals surface area (Å²) in [4.78, 5) is 25.2. The van der Waals surface area contributed by atoms with Gasteiger partial charge in [0.05, 0.1) is 4.90 Å². The van der Waals surface area contributed by atoms with Crippen molar-refractivity contribution in [3.05, 3.63) is 89.0 Å². The second-order valence-corrected chi connectivity index (χ2v) is 9.51. The first-order chi connectivity index (χ1) is 15.7. The smallest absolute Gasteiger partial charge is 0.256 e. The van der Waals surface area contributed by atoms with Crippen molar-refractivity contribution in [3.63, 3.8) is 0 Å². The summed E-state index contributed by atoms with van der Waals surface area (Å²) in [5, 5.41) is 5.58. The van der Waals surface area contributed by atoms with E-state index in [9.17, 15) is 18.0 Å². The normalized spacial score (nSPS) is 11.1. The van der Waals surface area contributed by atoms with E-state index in [1.807, 2.05) is 32.0 Å². The first-order valence-corrected chi connectivity index (χ1v) is 12.0. The van der Waals surface area contributed by atoms with Gasteiger partial charge in [0, 0.05) is 29.9 Å². The quantitative estimate of drug-likeness (QED) is 0.464. The Morgan fingerprint density at radius 3 is 2.24 bits per heavy atom. The van der Waals surface area contributed by atoms with Gasteiger partial charge in [-0.25, -0.2) is 13.1 Å². The highest BCUT2D eigenvalue weighted by Gasteiger charge is 2.16. The van der Waals surface area contributed by atoms with Crippen LogP contribution in [0.2, 0.25) is 0 Å². The van der Waals surface area contributed by atoms with Crippen LogP contribution in [0.5, 0.6) is 0 Å². The minimum Gasteiger partial charge on any atom is -0.326 e. The topological polar surface area (TPSA) is 104 Å². The molecule has 0 aliphatic carbocycles.